The van der Waals surface area contributed by atoms with Crippen LogP contribution in [0.1, 0.15) is 24.0 Å². The Morgan fingerprint density at radius 3 is 2.37 bits per heavy atom. The van der Waals surface area contributed by atoms with Gasteiger partial charge in [0.15, 0.2) is 11.5 Å². The number of hydrogen-bond donors (Lipinski definition) is 1. The number of rotatable bonds is 7. The first-order chi connectivity index (χ1) is 13.1. The third-order valence-electron chi connectivity index (χ3n) is 5.13. The van der Waals surface area contributed by atoms with Gasteiger partial charge in [-0.15, -0.1) is 0 Å². The normalized spacial score (nSPS) is 16.0. The fourth-order valence-corrected chi connectivity index (χ4v) is 4.04. The SMILES string of the molecule is COc1ccc(CNC2(c3cccc(Br)c3)CCOCC2)c(OC)c1OC. The minimum Gasteiger partial charge on any atom is -0.493 e. The molecule has 6 heteroatoms. The highest BCUT2D eigenvalue weighted by atomic mass is 79.9. The molecule has 0 saturated carbocycles. The molecular formula is C21H26BrNO4. The molecule has 146 valence electrons. The zero-order chi connectivity index (χ0) is 19.3. The Morgan fingerprint density at radius 2 is 1.74 bits per heavy atom. The van der Waals surface area contributed by atoms with Gasteiger partial charge >= 0.3 is 0 Å². The lowest BCUT2D eigenvalue weighted by molar-refractivity contribution is 0.0357. The van der Waals surface area contributed by atoms with Crippen LogP contribution in [0.4, 0.5) is 0 Å². The topological polar surface area (TPSA) is 49.0 Å². The van der Waals surface area contributed by atoms with Crippen LogP contribution in [0.5, 0.6) is 17.2 Å². The summed E-state index contributed by atoms with van der Waals surface area (Å²) in [7, 11) is 4.90. The molecule has 0 atom stereocenters. The molecule has 0 amide bonds. The molecule has 27 heavy (non-hydrogen) atoms. The smallest absolute Gasteiger partial charge is 0.203 e. The van der Waals surface area contributed by atoms with Crippen LogP contribution in [0.3, 0.4) is 0 Å². The average Bonchev–Trinajstić information content (AvgIpc) is 2.72. The highest BCUT2D eigenvalue weighted by Crippen LogP contribution is 2.41. The van der Waals surface area contributed by atoms with E-state index in [0.717, 1.165) is 36.1 Å². The standard InChI is InChI=1S/C21H26BrNO4/c1-24-18-8-7-15(19(25-2)20(18)26-3)14-23-21(9-11-27-12-10-21)16-5-4-6-17(22)13-16/h4-8,13,23H,9-12,14H2,1-3H3. The van der Waals surface area contributed by atoms with Gasteiger partial charge in [-0.2, -0.15) is 0 Å². The van der Waals surface area contributed by atoms with Gasteiger partial charge in [0.05, 0.1) is 21.3 Å². The Balaban J connectivity index is 1.90. The Kier molecular flexibility index (Phi) is 6.63. The molecule has 0 aliphatic carbocycles. The van der Waals surface area contributed by atoms with E-state index in [-0.39, 0.29) is 5.54 Å². The van der Waals surface area contributed by atoms with Gasteiger partial charge in [-0.1, -0.05) is 34.1 Å². The molecule has 0 spiro atoms. The molecule has 1 aliphatic rings. The molecule has 5 nitrogen and oxygen atoms in total. The summed E-state index contributed by atoms with van der Waals surface area (Å²) in [5.41, 5.74) is 2.15. The van der Waals surface area contributed by atoms with Crippen LogP contribution < -0.4 is 19.5 Å². The van der Waals surface area contributed by atoms with Gasteiger partial charge < -0.3 is 24.3 Å². The van der Waals surface area contributed by atoms with Gasteiger partial charge in [0, 0.05) is 35.3 Å². The van der Waals surface area contributed by atoms with Crippen molar-refractivity contribution in [2.45, 2.75) is 24.9 Å². The summed E-state index contributed by atoms with van der Waals surface area (Å²) in [5, 5.41) is 3.78. The average molecular weight is 436 g/mol. The number of nitrogens with one attached hydrogen (secondary N) is 1. The summed E-state index contributed by atoms with van der Waals surface area (Å²) in [4.78, 5) is 0. The Morgan fingerprint density at radius 1 is 1.00 bits per heavy atom. The summed E-state index contributed by atoms with van der Waals surface area (Å²) in [5.74, 6) is 1.97. The number of halogens is 1. The van der Waals surface area contributed by atoms with E-state index < -0.39 is 0 Å². The van der Waals surface area contributed by atoms with Gasteiger partial charge in [0.25, 0.3) is 0 Å². The van der Waals surface area contributed by atoms with Crippen LogP contribution in [-0.2, 0) is 16.8 Å². The van der Waals surface area contributed by atoms with E-state index in [4.69, 9.17) is 18.9 Å². The van der Waals surface area contributed by atoms with Crippen LogP contribution in [0.2, 0.25) is 0 Å². The fraction of sp³-hybridized carbons (Fsp3) is 0.429. The molecule has 0 radical (unpaired) electrons. The first-order valence-electron chi connectivity index (χ1n) is 9.00. The maximum absolute atomic E-state index is 5.63. The molecule has 1 aliphatic heterocycles. The molecule has 0 aromatic heterocycles. The van der Waals surface area contributed by atoms with E-state index >= 15 is 0 Å². The molecule has 1 heterocycles. The Bertz CT molecular complexity index is 775. The van der Waals surface area contributed by atoms with Crippen molar-refractivity contribution < 1.29 is 18.9 Å². The van der Waals surface area contributed by atoms with Gasteiger partial charge in [-0.3, -0.25) is 0 Å². The molecule has 2 aromatic rings. The van der Waals surface area contributed by atoms with Crippen molar-refractivity contribution in [3.8, 4) is 17.2 Å². The molecular weight excluding hydrogens is 410 g/mol. The van der Waals surface area contributed by atoms with Crippen LogP contribution in [-0.4, -0.2) is 34.5 Å². The highest BCUT2D eigenvalue weighted by molar-refractivity contribution is 9.10. The van der Waals surface area contributed by atoms with Gasteiger partial charge in [-0.05, 0) is 36.6 Å². The van der Waals surface area contributed by atoms with E-state index in [9.17, 15) is 0 Å². The maximum atomic E-state index is 5.63. The van der Waals surface area contributed by atoms with Gasteiger partial charge in [0.1, 0.15) is 0 Å². The summed E-state index contributed by atoms with van der Waals surface area (Å²) in [6.07, 6.45) is 1.83. The van der Waals surface area contributed by atoms with Crippen LogP contribution in [0.25, 0.3) is 0 Å². The lowest BCUT2D eigenvalue weighted by atomic mass is 9.82. The monoisotopic (exact) mass is 435 g/mol. The van der Waals surface area contributed by atoms with Crippen molar-refractivity contribution in [2.75, 3.05) is 34.5 Å². The lowest BCUT2D eigenvalue weighted by Gasteiger charge is -2.39. The third-order valence-corrected chi connectivity index (χ3v) is 5.62. The molecule has 0 bridgehead atoms. The van der Waals surface area contributed by atoms with Crippen LogP contribution in [0.15, 0.2) is 40.9 Å². The van der Waals surface area contributed by atoms with E-state index in [1.165, 1.54) is 5.56 Å². The summed E-state index contributed by atoms with van der Waals surface area (Å²) >= 11 is 3.60. The van der Waals surface area contributed by atoms with Crippen molar-refractivity contribution >= 4 is 15.9 Å². The highest BCUT2D eigenvalue weighted by Gasteiger charge is 2.34. The van der Waals surface area contributed by atoms with E-state index in [0.29, 0.717) is 23.8 Å². The molecule has 3 rings (SSSR count). The Labute approximate surface area is 169 Å². The summed E-state index contributed by atoms with van der Waals surface area (Å²) < 4.78 is 23.2. The summed E-state index contributed by atoms with van der Waals surface area (Å²) in [6, 6.07) is 12.4. The minimum absolute atomic E-state index is 0.139. The molecule has 0 unspecified atom stereocenters. The number of methoxy groups -OCH3 is 3. The zero-order valence-electron chi connectivity index (χ0n) is 16.0. The second-order valence-corrected chi connectivity index (χ2v) is 7.47. The van der Waals surface area contributed by atoms with Crippen molar-refractivity contribution in [1.29, 1.82) is 0 Å². The first-order valence-corrected chi connectivity index (χ1v) is 9.79. The molecule has 1 saturated heterocycles. The quantitative estimate of drug-likeness (QED) is 0.703. The second kappa shape index (κ2) is 8.95. The van der Waals surface area contributed by atoms with Crippen molar-refractivity contribution in [3.63, 3.8) is 0 Å². The van der Waals surface area contributed by atoms with E-state index in [1.54, 1.807) is 21.3 Å². The molecule has 1 N–H and O–H groups in total. The van der Waals surface area contributed by atoms with Crippen LogP contribution in [0, 0.1) is 0 Å². The van der Waals surface area contributed by atoms with Crippen molar-refractivity contribution in [3.05, 3.63) is 52.0 Å². The fourth-order valence-electron chi connectivity index (χ4n) is 3.64. The van der Waals surface area contributed by atoms with Gasteiger partial charge in [-0.25, -0.2) is 0 Å². The molecule has 2 aromatic carbocycles. The summed E-state index contributed by atoms with van der Waals surface area (Å²) in [6.45, 7) is 2.13. The van der Waals surface area contributed by atoms with Crippen molar-refractivity contribution in [1.82, 2.24) is 5.32 Å². The zero-order valence-corrected chi connectivity index (χ0v) is 17.6. The van der Waals surface area contributed by atoms with E-state index in [1.807, 2.05) is 18.2 Å². The van der Waals surface area contributed by atoms with Gasteiger partial charge in [0.2, 0.25) is 5.75 Å². The third kappa shape index (κ3) is 4.23. The van der Waals surface area contributed by atoms with E-state index in [2.05, 4.69) is 39.4 Å². The predicted molar refractivity (Wildman–Crippen MR) is 109 cm³/mol. The molecule has 1 fully saturated rings. The predicted octanol–water partition coefficient (Wildman–Crippen LogP) is 4.27. The van der Waals surface area contributed by atoms with Crippen molar-refractivity contribution in [2.24, 2.45) is 0 Å². The minimum atomic E-state index is -0.139. The maximum Gasteiger partial charge on any atom is 0.203 e. The number of hydrogen-bond acceptors (Lipinski definition) is 5. The second-order valence-electron chi connectivity index (χ2n) is 6.55. The first kappa shape index (κ1) is 20.0. The van der Waals surface area contributed by atoms with Crippen LogP contribution >= 0.6 is 15.9 Å². The largest absolute Gasteiger partial charge is 0.493 e. The number of ether oxygens (including phenoxy) is 4. The Hall–Kier alpha value is -1.76. The number of benzene rings is 2. The lowest BCUT2D eigenvalue weighted by Crippen LogP contribution is -2.46.